The van der Waals surface area contributed by atoms with Crippen LogP contribution in [0.5, 0.6) is 0 Å². The summed E-state index contributed by atoms with van der Waals surface area (Å²) in [6.45, 7) is 4.63. The quantitative estimate of drug-likeness (QED) is 0.781. The van der Waals surface area contributed by atoms with E-state index < -0.39 is 0 Å². The van der Waals surface area contributed by atoms with Crippen LogP contribution in [-0.2, 0) is 18.4 Å². The van der Waals surface area contributed by atoms with Gasteiger partial charge in [-0.1, -0.05) is 13.8 Å². The Morgan fingerprint density at radius 3 is 2.86 bits per heavy atom. The molecule has 78 valence electrons. The molecule has 0 saturated carbocycles. The van der Waals surface area contributed by atoms with Gasteiger partial charge in [-0.05, 0) is 5.92 Å². The molecule has 4 heteroatoms. The predicted molar refractivity (Wildman–Crippen MR) is 54.5 cm³/mol. The molecule has 0 atom stereocenters. The summed E-state index contributed by atoms with van der Waals surface area (Å²) < 4.78 is 1.73. The lowest BCUT2D eigenvalue weighted by atomic mass is 10.1. The lowest BCUT2D eigenvalue weighted by Gasteiger charge is -2.05. The van der Waals surface area contributed by atoms with E-state index in [9.17, 15) is 4.79 Å². The molecule has 1 amide bonds. The Morgan fingerprint density at radius 2 is 2.36 bits per heavy atom. The van der Waals surface area contributed by atoms with Crippen LogP contribution in [0, 0.1) is 5.92 Å². The van der Waals surface area contributed by atoms with E-state index in [0.29, 0.717) is 18.9 Å². The summed E-state index contributed by atoms with van der Waals surface area (Å²) in [6.07, 6.45) is 4.24. The van der Waals surface area contributed by atoms with E-state index in [4.69, 9.17) is 0 Å². The van der Waals surface area contributed by atoms with E-state index in [-0.39, 0.29) is 5.91 Å². The topological polar surface area (TPSA) is 46.9 Å². The van der Waals surface area contributed by atoms with Gasteiger partial charge < -0.3 is 5.32 Å². The third-order valence-electron chi connectivity index (χ3n) is 1.84. The fourth-order valence-electron chi connectivity index (χ4n) is 1.21. The molecule has 0 radical (unpaired) electrons. The highest BCUT2D eigenvalue weighted by Gasteiger charge is 2.04. The Labute approximate surface area is 84.3 Å². The van der Waals surface area contributed by atoms with Crippen molar-refractivity contribution in [1.29, 1.82) is 0 Å². The standard InChI is InChI=1S/C10H17N3O/c1-8(2)4-10(14)11-5-9-6-12-13(3)7-9/h6-8H,4-5H2,1-3H3,(H,11,14). The lowest BCUT2D eigenvalue weighted by molar-refractivity contribution is -0.121. The van der Waals surface area contributed by atoms with Gasteiger partial charge in [0, 0.05) is 31.8 Å². The smallest absolute Gasteiger partial charge is 0.220 e. The SMILES string of the molecule is CC(C)CC(=O)NCc1cnn(C)c1. The molecule has 0 spiro atoms. The van der Waals surface area contributed by atoms with Crippen LogP contribution in [0.25, 0.3) is 0 Å². The molecule has 0 saturated heterocycles. The van der Waals surface area contributed by atoms with Crippen LogP contribution in [0.2, 0.25) is 0 Å². The number of carbonyl (C=O) groups is 1. The van der Waals surface area contributed by atoms with E-state index in [1.165, 1.54) is 0 Å². The fourth-order valence-corrected chi connectivity index (χ4v) is 1.21. The van der Waals surface area contributed by atoms with Crippen molar-refractivity contribution in [3.8, 4) is 0 Å². The summed E-state index contributed by atoms with van der Waals surface area (Å²) in [5.41, 5.74) is 1.03. The van der Waals surface area contributed by atoms with Crippen LogP contribution < -0.4 is 5.32 Å². The summed E-state index contributed by atoms with van der Waals surface area (Å²) in [5.74, 6) is 0.507. The first-order valence-electron chi connectivity index (χ1n) is 4.82. The average Bonchev–Trinajstić information content (AvgIpc) is 2.47. The number of hydrogen-bond acceptors (Lipinski definition) is 2. The number of nitrogens with one attached hydrogen (secondary N) is 1. The molecule has 1 aromatic heterocycles. The van der Waals surface area contributed by atoms with Crippen LogP contribution in [-0.4, -0.2) is 15.7 Å². The Bertz CT molecular complexity index is 304. The second-order valence-electron chi connectivity index (χ2n) is 3.90. The first-order chi connectivity index (χ1) is 6.58. The highest BCUT2D eigenvalue weighted by Crippen LogP contribution is 2.00. The number of aromatic nitrogens is 2. The second kappa shape index (κ2) is 4.79. The van der Waals surface area contributed by atoms with Gasteiger partial charge >= 0.3 is 0 Å². The molecule has 0 bridgehead atoms. The zero-order chi connectivity index (χ0) is 10.6. The van der Waals surface area contributed by atoms with Crippen LogP contribution in [0.3, 0.4) is 0 Å². The van der Waals surface area contributed by atoms with Crippen molar-refractivity contribution >= 4 is 5.91 Å². The van der Waals surface area contributed by atoms with E-state index in [0.717, 1.165) is 5.56 Å². The third-order valence-corrected chi connectivity index (χ3v) is 1.84. The van der Waals surface area contributed by atoms with Crippen molar-refractivity contribution < 1.29 is 4.79 Å². The van der Waals surface area contributed by atoms with Gasteiger partial charge in [-0.3, -0.25) is 9.48 Å². The van der Waals surface area contributed by atoms with Crippen molar-refractivity contribution in [3.05, 3.63) is 18.0 Å². The molecule has 0 aliphatic rings. The molecule has 1 rings (SSSR count). The lowest BCUT2D eigenvalue weighted by Crippen LogP contribution is -2.23. The fraction of sp³-hybridized carbons (Fsp3) is 0.600. The number of carbonyl (C=O) groups excluding carboxylic acids is 1. The Balaban J connectivity index is 2.30. The summed E-state index contributed by atoms with van der Waals surface area (Å²) in [4.78, 5) is 11.3. The molecular weight excluding hydrogens is 178 g/mol. The molecule has 0 aliphatic heterocycles. The highest BCUT2D eigenvalue weighted by molar-refractivity contribution is 5.75. The molecule has 14 heavy (non-hydrogen) atoms. The highest BCUT2D eigenvalue weighted by atomic mass is 16.1. The number of amides is 1. The van der Waals surface area contributed by atoms with Gasteiger partial charge in [0.2, 0.25) is 5.91 Å². The third kappa shape index (κ3) is 3.60. The van der Waals surface area contributed by atoms with Crippen LogP contribution in [0.1, 0.15) is 25.8 Å². The molecule has 1 heterocycles. The first-order valence-corrected chi connectivity index (χ1v) is 4.82. The van der Waals surface area contributed by atoms with Crippen molar-refractivity contribution in [2.24, 2.45) is 13.0 Å². The predicted octanol–water partition coefficient (Wildman–Crippen LogP) is 1.08. The minimum absolute atomic E-state index is 0.101. The maximum Gasteiger partial charge on any atom is 0.220 e. The van der Waals surface area contributed by atoms with Crippen molar-refractivity contribution in [1.82, 2.24) is 15.1 Å². The summed E-state index contributed by atoms with van der Waals surface area (Å²) in [6, 6.07) is 0. The Hall–Kier alpha value is -1.32. The van der Waals surface area contributed by atoms with E-state index >= 15 is 0 Å². The van der Waals surface area contributed by atoms with E-state index in [2.05, 4.69) is 10.4 Å². The largest absolute Gasteiger partial charge is 0.352 e. The summed E-state index contributed by atoms with van der Waals surface area (Å²) in [7, 11) is 1.86. The van der Waals surface area contributed by atoms with Gasteiger partial charge in [-0.15, -0.1) is 0 Å². The zero-order valence-electron chi connectivity index (χ0n) is 8.95. The molecule has 0 aromatic carbocycles. The van der Waals surface area contributed by atoms with Gasteiger partial charge in [0.05, 0.1) is 6.20 Å². The van der Waals surface area contributed by atoms with Crippen molar-refractivity contribution in [3.63, 3.8) is 0 Å². The Morgan fingerprint density at radius 1 is 1.64 bits per heavy atom. The maximum atomic E-state index is 11.3. The molecule has 0 unspecified atom stereocenters. The normalized spacial score (nSPS) is 10.6. The molecule has 0 aliphatic carbocycles. The van der Waals surface area contributed by atoms with Gasteiger partial charge in [0.25, 0.3) is 0 Å². The van der Waals surface area contributed by atoms with Crippen LogP contribution in [0.4, 0.5) is 0 Å². The Kier molecular flexibility index (Phi) is 3.68. The average molecular weight is 195 g/mol. The molecule has 4 nitrogen and oxygen atoms in total. The van der Waals surface area contributed by atoms with E-state index in [1.807, 2.05) is 27.1 Å². The summed E-state index contributed by atoms with van der Waals surface area (Å²) >= 11 is 0. The minimum atomic E-state index is 0.101. The number of hydrogen-bond donors (Lipinski definition) is 1. The molecule has 1 N–H and O–H groups in total. The van der Waals surface area contributed by atoms with Gasteiger partial charge in [0.15, 0.2) is 0 Å². The monoisotopic (exact) mass is 195 g/mol. The van der Waals surface area contributed by atoms with Gasteiger partial charge in [-0.2, -0.15) is 5.10 Å². The van der Waals surface area contributed by atoms with Crippen LogP contribution in [0.15, 0.2) is 12.4 Å². The van der Waals surface area contributed by atoms with Gasteiger partial charge in [0.1, 0.15) is 0 Å². The minimum Gasteiger partial charge on any atom is -0.352 e. The van der Waals surface area contributed by atoms with Crippen molar-refractivity contribution in [2.45, 2.75) is 26.8 Å². The zero-order valence-corrected chi connectivity index (χ0v) is 8.95. The summed E-state index contributed by atoms with van der Waals surface area (Å²) in [5, 5.41) is 6.87. The number of rotatable bonds is 4. The van der Waals surface area contributed by atoms with Gasteiger partial charge in [-0.25, -0.2) is 0 Å². The second-order valence-corrected chi connectivity index (χ2v) is 3.90. The maximum absolute atomic E-state index is 11.3. The van der Waals surface area contributed by atoms with E-state index in [1.54, 1.807) is 10.9 Å². The number of aryl methyl sites for hydroxylation is 1. The molecule has 0 fully saturated rings. The molecule has 1 aromatic rings. The molecular formula is C10H17N3O. The number of nitrogens with zero attached hydrogens (tertiary/aromatic N) is 2. The van der Waals surface area contributed by atoms with Crippen molar-refractivity contribution in [2.75, 3.05) is 0 Å². The van der Waals surface area contributed by atoms with Crippen LogP contribution >= 0.6 is 0 Å². The first kappa shape index (κ1) is 10.8.